The monoisotopic (exact) mass is 590 g/mol. The molecule has 12 heteroatoms. The molecule has 0 aliphatic carbocycles. The third-order valence-electron chi connectivity index (χ3n) is 4.59. The van der Waals surface area contributed by atoms with Gasteiger partial charge in [0.25, 0.3) is 10.0 Å². The number of nitrogens with zero attached hydrogens (tertiary/aromatic N) is 1. The molecular weight excluding hydrogens is 580 g/mol. The fourth-order valence-corrected chi connectivity index (χ4v) is 5.15. The first-order valence-corrected chi connectivity index (χ1v) is 12.4. The number of alkyl halides is 3. The van der Waals surface area contributed by atoms with E-state index in [2.05, 4.69) is 25.6 Å². The zero-order valence-electron chi connectivity index (χ0n) is 16.7. The van der Waals surface area contributed by atoms with Crippen molar-refractivity contribution in [1.82, 2.24) is 4.98 Å². The standard InChI is InChI=1S/C22H12BrCl2F3N2O3S/c23-17-6-5-15(10-16(17)22(26,27)28)34(31,32)30-13-8-18(24)21(19(25)9-13)33-14-7-12-3-1-2-4-20(12)29-11-14/h1-11,30H. The Kier molecular flexibility index (Phi) is 6.69. The van der Waals surface area contributed by atoms with E-state index in [4.69, 9.17) is 27.9 Å². The van der Waals surface area contributed by atoms with Gasteiger partial charge in [0.2, 0.25) is 0 Å². The van der Waals surface area contributed by atoms with Gasteiger partial charge in [0.1, 0.15) is 5.75 Å². The number of halogens is 6. The molecule has 0 atom stereocenters. The Labute approximate surface area is 210 Å². The van der Waals surface area contributed by atoms with Gasteiger partial charge in [0, 0.05) is 9.86 Å². The van der Waals surface area contributed by atoms with Crippen molar-refractivity contribution >= 4 is 65.7 Å². The SMILES string of the molecule is O=S(=O)(Nc1cc(Cl)c(Oc2cnc3ccccc3c2)c(Cl)c1)c1ccc(Br)c(C(F)(F)F)c1. The lowest BCUT2D eigenvalue weighted by molar-refractivity contribution is -0.138. The normalized spacial score (nSPS) is 12.1. The smallest absolute Gasteiger partial charge is 0.417 e. The number of pyridine rings is 1. The lowest BCUT2D eigenvalue weighted by atomic mass is 10.2. The number of anilines is 1. The molecule has 34 heavy (non-hydrogen) atoms. The molecule has 0 saturated carbocycles. The number of sulfonamides is 1. The number of hydrogen-bond donors (Lipinski definition) is 1. The molecule has 5 nitrogen and oxygen atoms in total. The molecule has 0 aliphatic heterocycles. The minimum absolute atomic E-state index is 0.0230. The highest BCUT2D eigenvalue weighted by Crippen LogP contribution is 2.40. The van der Waals surface area contributed by atoms with E-state index in [0.717, 1.165) is 23.0 Å². The topological polar surface area (TPSA) is 68.3 Å². The van der Waals surface area contributed by atoms with E-state index >= 15 is 0 Å². The summed E-state index contributed by atoms with van der Waals surface area (Å²) < 4.78 is 72.5. The summed E-state index contributed by atoms with van der Waals surface area (Å²) in [7, 11) is -4.38. The summed E-state index contributed by atoms with van der Waals surface area (Å²) in [6.07, 6.45) is -3.26. The summed E-state index contributed by atoms with van der Waals surface area (Å²) in [4.78, 5) is 3.70. The molecule has 0 spiro atoms. The summed E-state index contributed by atoms with van der Waals surface area (Å²) in [5, 5.41) is 0.777. The zero-order chi connectivity index (χ0) is 24.7. The van der Waals surface area contributed by atoms with Crippen molar-refractivity contribution in [2.24, 2.45) is 0 Å². The first-order chi connectivity index (χ1) is 15.9. The molecule has 0 aliphatic rings. The molecule has 0 unspecified atom stereocenters. The maximum Gasteiger partial charge on any atom is 0.417 e. The van der Waals surface area contributed by atoms with Gasteiger partial charge in [0.05, 0.1) is 37.9 Å². The number of fused-ring (bicyclic) bond motifs is 1. The highest BCUT2D eigenvalue weighted by molar-refractivity contribution is 9.10. The van der Waals surface area contributed by atoms with E-state index in [0.29, 0.717) is 11.8 Å². The first-order valence-electron chi connectivity index (χ1n) is 9.35. The van der Waals surface area contributed by atoms with Gasteiger partial charge in [-0.1, -0.05) is 57.3 Å². The van der Waals surface area contributed by atoms with Gasteiger partial charge in [-0.05, 0) is 42.5 Å². The summed E-state index contributed by atoms with van der Waals surface area (Å²) in [5.74, 6) is 0.414. The van der Waals surface area contributed by atoms with E-state index < -0.39 is 26.7 Å². The molecule has 4 aromatic rings. The van der Waals surface area contributed by atoms with Gasteiger partial charge in [-0.25, -0.2) is 8.42 Å². The molecule has 176 valence electrons. The summed E-state index contributed by atoms with van der Waals surface area (Å²) in [6.45, 7) is 0. The average Bonchev–Trinajstić information content (AvgIpc) is 2.75. The number of para-hydroxylation sites is 1. The van der Waals surface area contributed by atoms with Crippen LogP contribution in [0.4, 0.5) is 18.9 Å². The van der Waals surface area contributed by atoms with Crippen LogP contribution in [0.15, 0.2) is 76.2 Å². The number of benzene rings is 3. The quantitative estimate of drug-likeness (QED) is 0.256. The van der Waals surface area contributed by atoms with Crippen LogP contribution in [0.25, 0.3) is 10.9 Å². The highest BCUT2D eigenvalue weighted by atomic mass is 79.9. The Morgan fingerprint density at radius 2 is 1.65 bits per heavy atom. The Hall–Kier alpha value is -2.53. The van der Waals surface area contributed by atoms with Crippen LogP contribution in [-0.2, 0) is 16.2 Å². The minimum Gasteiger partial charge on any atom is -0.453 e. The number of aromatic nitrogens is 1. The van der Waals surface area contributed by atoms with E-state index in [-0.39, 0.29) is 26.0 Å². The molecule has 0 saturated heterocycles. The Balaban J connectivity index is 1.61. The first kappa shape index (κ1) is 24.6. The van der Waals surface area contributed by atoms with E-state index in [9.17, 15) is 21.6 Å². The highest BCUT2D eigenvalue weighted by Gasteiger charge is 2.34. The lowest BCUT2D eigenvalue weighted by Crippen LogP contribution is -2.15. The Bertz CT molecular complexity index is 1490. The van der Waals surface area contributed by atoms with Crippen LogP contribution in [0.2, 0.25) is 10.0 Å². The van der Waals surface area contributed by atoms with Crippen molar-refractivity contribution in [3.63, 3.8) is 0 Å². The molecule has 3 aromatic carbocycles. The lowest BCUT2D eigenvalue weighted by Gasteiger charge is -2.15. The van der Waals surface area contributed by atoms with Crippen molar-refractivity contribution in [2.75, 3.05) is 4.72 Å². The van der Waals surface area contributed by atoms with E-state index in [1.54, 1.807) is 6.07 Å². The molecule has 0 fully saturated rings. The zero-order valence-corrected chi connectivity index (χ0v) is 20.6. The van der Waals surface area contributed by atoms with Gasteiger partial charge in [-0.15, -0.1) is 0 Å². The minimum atomic E-state index is -4.74. The molecular formula is C22H12BrCl2F3N2O3S. The second-order valence-corrected chi connectivity index (χ2v) is 10.3. The largest absolute Gasteiger partial charge is 0.453 e. The van der Waals surface area contributed by atoms with Crippen molar-refractivity contribution < 1.29 is 26.3 Å². The van der Waals surface area contributed by atoms with E-state index in [1.165, 1.54) is 18.3 Å². The molecule has 4 rings (SSSR count). The molecule has 1 heterocycles. The maximum atomic E-state index is 13.2. The Morgan fingerprint density at radius 1 is 0.971 bits per heavy atom. The third kappa shape index (κ3) is 5.25. The number of ether oxygens (including phenoxy) is 1. The number of rotatable bonds is 5. The third-order valence-corrected chi connectivity index (χ3v) is 7.22. The molecule has 0 radical (unpaired) electrons. The maximum absolute atomic E-state index is 13.2. The Morgan fingerprint density at radius 3 is 2.32 bits per heavy atom. The van der Waals surface area contributed by atoms with Crippen LogP contribution in [0, 0.1) is 0 Å². The van der Waals surface area contributed by atoms with E-state index in [1.807, 2.05) is 24.3 Å². The molecule has 1 N–H and O–H groups in total. The second kappa shape index (κ2) is 9.26. The van der Waals surface area contributed by atoms with Crippen LogP contribution in [0.1, 0.15) is 5.56 Å². The van der Waals surface area contributed by atoms with Crippen molar-refractivity contribution in [3.8, 4) is 11.5 Å². The van der Waals surface area contributed by atoms with Crippen molar-refractivity contribution in [2.45, 2.75) is 11.1 Å². The predicted molar refractivity (Wildman–Crippen MR) is 128 cm³/mol. The molecule has 0 amide bonds. The van der Waals surface area contributed by atoms with Gasteiger partial charge in [0.15, 0.2) is 5.75 Å². The van der Waals surface area contributed by atoms with Gasteiger partial charge in [-0.3, -0.25) is 9.71 Å². The van der Waals surface area contributed by atoms with Crippen LogP contribution in [0.3, 0.4) is 0 Å². The van der Waals surface area contributed by atoms with Gasteiger partial charge >= 0.3 is 6.18 Å². The van der Waals surface area contributed by atoms with Gasteiger partial charge < -0.3 is 4.74 Å². The number of hydrogen-bond acceptors (Lipinski definition) is 4. The summed E-state index contributed by atoms with van der Waals surface area (Å²) in [6, 6.07) is 14.2. The molecule has 1 aromatic heterocycles. The average molecular weight is 592 g/mol. The van der Waals surface area contributed by atoms with Crippen LogP contribution in [0.5, 0.6) is 11.5 Å². The van der Waals surface area contributed by atoms with Crippen LogP contribution < -0.4 is 9.46 Å². The molecule has 0 bridgehead atoms. The summed E-state index contributed by atoms with van der Waals surface area (Å²) >= 11 is 15.3. The number of nitrogens with one attached hydrogen (secondary N) is 1. The van der Waals surface area contributed by atoms with Crippen LogP contribution in [-0.4, -0.2) is 13.4 Å². The second-order valence-electron chi connectivity index (χ2n) is 6.98. The van der Waals surface area contributed by atoms with Crippen molar-refractivity contribution in [1.29, 1.82) is 0 Å². The van der Waals surface area contributed by atoms with Crippen LogP contribution >= 0.6 is 39.1 Å². The fourth-order valence-electron chi connectivity index (χ4n) is 3.04. The van der Waals surface area contributed by atoms with Crippen molar-refractivity contribution in [3.05, 3.63) is 86.9 Å². The fraction of sp³-hybridized carbons (Fsp3) is 0.0455. The van der Waals surface area contributed by atoms with Gasteiger partial charge in [-0.2, -0.15) is 13.2 Å². The predicted octanol–water partition coefficient (Wildman–Crippen LogP) is 7.92. The summed E-state index contributed by atoms with van der Waals surface area (Å²) in [5.41, 5.74) is -0.423.